The summed E-state index contributed by atoms with van der Waals surface area (Å²) in [4.78, 5) is 2.39. The summed E-state index contributed by atoms with van der Waals surface area (Å²) in [6.45, 7) is 4.67. The third-order valence-corrected chi connectivity index (χ3v) is 10.6. The van der Waals surface area contributed by atoms with Crippen LogP contribution >= 0.6 is 0 Å². The first-order valence-electron chi connectivity index (χ1n) is 17.0. The molecule has 1 heterocycles. The molecular formula is C47H33NO. The van der Waals surface area contributed by atoms with Crippen LogP contribution in [0.25, 0.3) is 65.7 Å². The predicted molar refractivity (Wildman–Crippen MR) is 206 cm³/mol. The fraction of sp³-hybridized carbons (Fsp3) is 0.0638. The molecule has 232 valence electrons. The number of benzene rings is 8. The summed E-state index contributed by atoms with van der Waals surface area (Å²) in [7, 11) is 0. The number of anilines is 3. The van der Waals surface area contributed by atoms with Gasteiger partial charge < -0.3 is 9.32 Å². The summed E-state index contributed by atoms with van der Waals surface area (Å²) >= 11 is 0. The molecule has 0 bridgehead atoms. The van der Waals surface area contributed by atoms with Crippen LogP contribution in [0.15, 0.2) is 168 Å². The largest absolute Gasteiger partial charge is 0.456 e. The van der Waals surface area contributed by atoms with Crippen LogP contribution in [0.2, 0.25) is 0 Å². The van der Waals surface area contributed by atoms with Crippen LogP contribution in [0.1, 0.15) is 25.0 Å². The molecule has 8 aromatic carbocycles. The van der Waals surface area contributed by atoms with Gasteiger partial charge in [-0.3, -0.25) is 0 Å². The molecule has 0 radical (unpaired) electrons. The van der Waals surface area contributed by atoms with E-state index in [1.165, 1.54) is 54.9 Å². The van der Waals surface area contributed by atoms with Gasteiger partial charge >= 0.3 is 0 Å². The number of fused-ring (bicyclic) bond motifs is 8. The van der Waals surface area contributed by atoms with E-state index in [1.807, 2.05) is 0 Å². The van der Waals surface area contributed by atoms with Gasteiger partial charge in [-0.15, -0.1) is 0 Å². The van der Waals surface area contributed by atoms with E-state index in [0.717, 1.165) is 39.0 Å². The zero-order valence-electron chi connectivity index (χ0n) is 27.4. The first-order chi connectivity index (χ1) is 24.0. The highest BCUT2D eigenvalue weighted by molar-refractivity contribution is 6.11. The smallest absolute Gasteiger partial charge is 0.136 e. The van der Waals surface area contributed by atoms with Crippen molar-refractivity contribution in [1.82, 2.24) is 0 Å². The second-order valence-corrected chi connectivity index (χ2v) is 13.8. The van der Waals surface area contributed by atoms with E-state index >= 15 is 0 Å². The molecule has 49 heavy (non-hydrogen) atoms. The van der Waals surface area contributed by atoms with Crippen molar-refractivity contribution in [3.63, 3.8) is 0 Å². The Hall–Kier alpha value is -6.12. The van der Waals surface area contributed by atoms with Crippen LogP contribution in [-0.4, -0.2) is 0 Å². The zero-order chi connectivity index (χ0) is 32.7. The first-order valence-corrected chi connectivity index (χ1v) is 17.0. The third kappa shape index (κ3) is 4.34. The van der Waals surface area contributed by atoms with Crippen LogP contribution in [0.4, 0.5) is 17.1 Å². The molecule has 0 spiro atoms. The van der Waals surface area contributed by atoms with E-state index in [4.69, 9.17) is 4.42 Å². The Morgan fingerprint density at radius 3 is 1.82 bits per heavy atom. The van der Waals surface area contributed by atoms with Gasteiger partial charge in [-0.25, -0.2) is 0 Å². The summed E-state index contributed by atoms with van der Waals surface area (Å²) in [5.41, 5.74) is 12.9. The van der Waals surface area contributed by atoms with Crippen molar-refractivity contribution < 1.29 is 4.42 Å². The Morgan fingerprint density at radius 2 is 1.00 bits per heavy atom. The van der Waals surface area contributed by atoms with Crippen LogP contribution in [-0.2, 0) is 5.41 Å². The summed E-state index contributed by atoms with van der Waals surface area (Å²) < 4.78 is 6.41. The molecule has 0 saturated carbocycles. The van der Waals surface area contributed by atoms with Gasteiger partial charge in [0.25, 0.3) is 0 Å². The number of nitrogens with zero attached hydrogens (tertiary/aromatic N) is 1. The number of hydrogen-bond acceptors (Lipinski definition) is 2. The fourth-order valence-corrected chi connectivity index (χ4v) is 8.06. The summed E-state index contributed by atoms with van der Waals surface area (Å²) in [5, 5.41) is 7.15. The van der Waals surface area contributed by atoms with Gasteiger partial charge in [0.15, 0.2) is 0 Å². The Labute approximate surface area is 285 Å². The highest BCUT2D eigenvalue weighted by Crippen LogP contribution is 2.51. The molecule has 1 aliphatic rings. The predicted octanol–water partition coefficient (Wildman–Crippen LogP) is 13.3. The van der Waals surface area contributed by atoms with Crippen molar-refractivity contribution in [2.24, 2.45) is 0 Å². The normalized spacial score (nSPS) is 13.3. The molecule has 1 aliphatic carbocycles. The molecule has 0 atom stereocenters. The molecule has 0 amide bonds. The van der Waals surface area contributed by atoms with Gasteiger partial charge in [0.1, 0.15) is 11.2 Å². The SMILES string of the molecule is CC1(C)c2ccccc2-c2cc(N(c3ccc(-c4ccc5ccccc5c4)cc3)c3ccc4oc5cc6ccccc6cc5c4c3)ccc21. The van der Waals surface area contributed by atoms with Gasteiger partial charge in [0, 0.05) is 33.2 Å². The molecule has 2 heteroatoms. The summed E-state index contributed by atoms with van der Waals surface area (Å²) in [6, 6.07) is 59.6. The molecule has 10 rings (SSSR count). The zero-order valence-corrected chi connectivity index (χ0v) is 27.4. The minimum Gasteiger partial charge on any atom is -0.456 e. The van der Waals surface area contributed by atoms with Crippen LogP contribution in [0.3, 0.4) is 0 Å². The molecule has 0 aliphatic heterocycles. The van der Waals surface area contributed by atoms with E-state index in [9.17, 15) is 0 Å². The second kappa shape index (κ2) is 10.4. The summed E-state index contributed by atoms with van der Waals surface area (Å²) in [5.74, 6) is 0. The third-order valence-electron chi connectivity index (χ3n) is 10.6. The quantitative estimate of drug-likeness (QED) is 0.193. The van der Waals surface area contributed by atoms with E-state index in [-0.39, 0.29) is 5.41 Å². The van der Waals surface area contributed by atoms with E-state index in [0.29, 0.717) is 0 Å². The monoisotopic (exact) mass is 627 g/mol. The number of rotatable bonds is 4. The molecule has 0 N–H and O–H groups in total. The van der Waals surface area contributed by atoms with Crippen LogP contribution < -0.4 is 4.90 Å². The van der Waals surface area contributed by atoms with E-state index in [2.05, 4.69) is 183 Å². The first kappa shape index (κ1) is 27.9. The van der Waals surface area contributed by atoms with Crippen molar-refractivity contribution in [2.45, 2.75) is 19.3 Å². The maximum Gasteiger partial charge on any atom is 0.136 e. The minimum absolute atomic E-state index is 0.0474. The lowest BCUT2D eigenvalue weighted by molar-refractivity contribution is 0.660. The average Bonchev–Trinajstić information content (AvgIpc) is 3.61. The van der Waals surface area contributed by atoms with Crippen molar-refractivity contribution in [1.29, 1.82) is 0 Å². The maximum atomic E-state index is 6.41. The van der Waals surface area contributed by atoms with Crippen molar-refractivity contribution >= 4 is 60.5 Å². The van der Waals surface area contributed by atoms with E-state index < -0.39 is 0 Å². The maximum absolute atomic E-state index is 6.41. The highest BCUT2D eigenvalue weighted by Gasteiger charge is 2.35. The van der Waals surface area contributed by atoms with Gasteiger partial charge in [-0.1, -0.05) is 117 Å². The molecule has 9 aromatic rings. The molecule has 2 nitrogen and oxygen atoms in total. The standard InChI is InChI=1S/C47H33NO/c1-47(2)43-14-8-7-13-39(43)40-28-37(21-23-44(40)47)48(36-19-17-31(18-20-36)35-16-15-30-9-3-4-10-32(30)25-35)38-22-24-45-42(29-38)41-26-33-11-5-6-12-34(33)27-46(41)49-45/h3-29H,1-2H3. The fourth-order valence-electron chi connectivity index (χ4n) is 8.06. The van der Waals surface area contributed by atoms with Gasteiger partial charge in [-0.2, -0.15) is 0 Å². The van der Waals surface area contributed by atoms with Gasteiger partial charge in [0.2, 0.25) is 0 Å². The van der Waals surface area contributed by atoms with Crippen molar-refractivity contribution in [3.8, 4) is 22.3 Å². The number of furan rings is 1. The van der Waals surface area contributed by atoms with Crippen molar-refractivity contribution in [2.75, 3.05) is 4.90 Å². The van der Waals surface area contributed by atoms with Crippen molar-refractivity contribution in [3.05, 3.63) is 175 Å². The lowest BCUT2D eigenvalue weighted by Crippen LogP contribution is -2.15. The summed E-state index contributed by atoms with van der Waals surface area (Å²) in [6.07, 6.45) is 0. The van der Waals surface area contributed by atoms with Gasteiger partial charge in [0.05, 0.1) is 0 Å². The van der Waals surface area contributed by atoms with Crippen LogP contribution in [0.5, 0.6) is 0 Å². The average molecular weight is 628 g/mol. The second-order valence-electron chi connectivity index (χ2n) is 13.8. The Bertz CT molecular complexity index is 2750. The Balaban J connectivity index is 1.15. The highest BCUT2D eigenvalue weighted by atomic mass is 16.3. The van der Waals surface area contributed by atoms with Gasteiger partial charge in [-0.05, 0) is 116 Å². The minimum atomic E-state index is -0.0474. The van der Waals surface area contributed by atoms with E-state index in [1.54, 1.807) is 0 Å². The molecular weight excluding hydrogens is 595 g/mol. The number of hydrogen-bond donors (Lipinski definition) is 0. The molecule has 0 fully saturated rings. The molecule has 0 saturated heterocycles. The molecule has 0 unspecified atom stereocenters. The Morgan fingerprint density at radius 1 is 0.408 bits per heavy atom. The topological polar surface area (TPSA) is 16.4 Å². The molecule has 1 aromatic heterocycles. The lowest BCUT2D eigenvalue weighted by Gasteiger charge is -2.27. The Kier molecular flexibility index (Phi) is 5.95. The lowest BCUT2D eigenvalue weighted by atomic mass is 9.82. The van der Waals surface area contributed by atoms with Crippen LogP contribution in [0, 0.1) is 0 Å².